The molecule has 2 N–H and O–H groups in total. The minimum absolute atomic E-state index is 0.281. The third-order valence-corrected chi connectivity index (χ3v) is 5.49. The van der Waals surface area contributed by atoms with Crippen LogP contribution in [-0.2, 0) is 0 Å². The summed E-state index contributed by atoms with van der Waals surface area (Å²) in [5.74, 6) is 1.51. The zero-order valence-corrected chi connectivity index (χ0v) is 15.0. The summed E-state index contributed by atoms with van der Waals surface area (Å²) < 4.78 is 0. The van der Waals surface area contributed by atoms with Gasteiger partial charge in [0.2, 0.25) is 0 Å². The highest BCUT2D eigenvalue weighted by atomic mass is 16.3. The Hall–Kier alpha value is -0.120. The van der Waals surface area contributed by atoms with E-state index in [1.165, 1.54) is 25.7 Å². The number of rotatable bonds is 8. The van der Waals surface area contributed by atoms with Gasteiger partial charge in [-0.3, -0.25) is 0 Å². The summed E-state index contributed by atoms with van der Waals surface area (Å²) in [6.07, 6.45) is 5.18. The van der Waals surface area contributed by atoms with Crippen LogP contribution in [0.1, 0.15) is 60.3 Å². The maximum absolute atomic E-state index is 9.71. The summed E-state index contributed by atoms with van der Waals surface area (Å²) >= 11 is 0. The fourth-order valence-electron chi connectivity index (χ4n) is 3.72. The predicted molar refractivity (Wildman–Crippen MR) is 91.6 cm³/mol. The first-order chi connectivity index (χ1) is 9.92. The van der Waals surface area contributed by atoms with Crippen LogP contribution in [-0.4, -0.2) is 48.8 Å². The van der Waals surface area contributed by atoms with E-state index in [4.69, 9.17) is 0 Å². The molecular formula is C18H38N2O. The van der Waals surface area contributed by atoms with E-state index in [9.17, 15) is 5.11 Å². The molecule has 0 aromatic carbocycles. The number of nitrogens with zero attached hydrogens (tertiary/aromatic N) is 1. The second-order valence-electron chi connectivity index (χ2n) is 7.75. The van der Waals surface area contributed by atoms with Crippen molar-refractivity contribution in [2.24, 2.45) is 17.3 Å². The zero-order chi connectivity index (χ0) is 15.9. The average Bonchev–Trinajstić information content (AvgIpc) is 2.47. The first kappa shape index (κ1) is 18.9. The van der Waals surface area contributed by atoms with E-state index in [2.05, 4.69) is 44.8 Å². The summed E-state index contributed by atoms with van der Waals surface area (Å²) in [5.41, 5.74) is 0.440. The van der Waals surface area contributed by atoms with Gasteiger partial charge < -0.3 is 15.3 Å². The van der Waals surface area contributed by atoms with Crippen molar-refractivity contribution >= 4 is 0 Å². The maximum atomic E-state index is 9.71. The van der Waals surface area contributed by atoms with Crippen molar-refractivity contribution < 1.29 is 5.11 Å². The molecule has 1 atom stereocenters. The Morgan fingerprint density at radius 1 is 1.10 bits per heavy atom. The van der Waals surface area contributed by atoms with Gasteiger partial charge in [0.1, 0.15) is 0 Å². The molecule has 1 aliphatic rings. The summed E-state index contributed by atoms with van der Waals surface area (Å²) in [6, 6.07) is 0.293. The lowest BCUT2D eigenvalue weighted by Gasteiger charge is -2.39. The standard InChI is InChI=1S/C18H38N2O/c1-6-20(7-2)13-12-19-17(14-21)15-8-10-16(11-9-15)18(3,4)5/h15-17,19,21H,6-14H2,1-5H3. The molecule has 1 saturated carbocycles. The molecule has 1 unspecified atom stereocenters. The SMILES string of the molecule is CCN(CC)CCNC(CO)C1CCC(C(C)(C)C)CC1. The van der Waals surface area contributed by atoms with E-state index in [-0.39, 0.29) is 6.61 Å². The zero-order valence-electron chi connectivity index (χ0n) is 15.0. The van der Waals surface area contributed by atoms with E-state index in [1.807, 2.05) is 0 Å². The van der Waals surface area contributed by atoms with Gasteiger partial charge in [-0.1, -0.05) is 34.6 Å². The Balaban J connectivity index is 2.34. The molecule has 0 heterocycles. The van der Waals surface area contributed by atoms with E-state index in [0.717, 1.165) is 32.1 Å². The third-order valence-electron chi connectivity index (χ3n) is 5.49. The molecule has 0 bridgehead atoms. The minimum Gasteiger partial charge on any atom is -0.395 e. The second kappa shape index (κ2) is 9.12. The third kappa shape index (κ3) is 6.25. The largest absolute Gasteiger partial charge is 0.395 e. The van der Waals surface area contributed by atoms with Crippen molar-refractivity contribution in [1.82, 2.24) is 10.2 Å². The first-order valence-electron chi connectivity index (χ1n) is 8.98. The van der Waals surface area contributed by atoms with Crippen LogP contribution in [0.15, 0.2) is 0 Å². The predicted octanol–water partition coefficient (Wildman–Crippen LogP) is 3.13. The molecule has 0 saturated heterocycles. The molecule has 0 aromatic rings. The highest BCUT2D eigenvalue weighted by Gasteiger charge is 2.32. The molecule has 0 aliphatic heterocycles. The van der Waals surface area contributed by atoms with E-state index < -0.39 is 0 Å². The summed E-state index contributed by atoms with van der Waals surface area (Å²) in [7, 11) is 0. The maximum Gasteiger partial charge on any atom is 0.0587 e. The lowest BCUT2D eigenvalue weighted by molar-refractivity contribution is 0.109. The fraction of sp³-hybridized carbons (Fsp3) is 1.00. The molecule has 3 heteroatoms. The monoisotopic (exact) mass is 298 g/mol. The number of hydrogen-bond donors (Lipinski definition) is 2. The lowest BCUT2D eigenvalue weighted by Crippen LogP contribution is -2.44. The van der Waals surface area contributed by atoms with Crippen LogP contribution in [0.25, 0.3) is 0 Å². The Morgan fingerprint density at radius 2 is 1.67 bits per heavy atom. The molecule has 0 spiro atoms. The number of aliphatic hydroxyl groups excluding tert-OH is 1. The Morgan fingerprint density at radius 3 is 2.10 bits per heavy atom. The average molecular weight is 299 g/mol. The molecule has 21 heavy (non-hydrogen) atoms. The van der Waals surface area contributed by atoms with Gasteiger partial charge in [0, 0.05) is 19.1 Å². The quantitative estimate of drug-likeness (QED) is 0.722. The Labute approximate surface area is 132 Å². The van der Waals surface area contributed by atoms with E-state index in [0.29, 0.717) is 17.4 Å². The van der Waals surface area contributed by atoms with Crippen LogP contribution in [0.3, 0.4) is 0 Å². The van der Waals surface area contributed by atoms with Crippen molar-refractivity contribution in [3.8, 4) is 0 Å². The topological polar surface area (TPSA) is 35.5 Å². The van der Waals surface area contributed by atoms with Crippen molar-refractivity contribution in [2.45, 2.75) is 66.3 Å². The van der Waals surface area contributed by atoms with Gasteiger partial charge >= 0.3 is 0 Å². The molecule has 0 aromatic heterocycles. The minimum atomic E-state index is 0.281. The van der Waals surface area contributed by atoms with Crippen LogP contribution in [0.4, 0.5) is 0 Å². The summed E-state index contributed by atoms with van der Waals surface area (Å²) in [6.45, 7) is 16.1. The van der Waals surface area contributed by atoms with Gasteiger partial charge in [-0.05, 0) is 56.0 Å². The Kier molecular flexibility index (Phi) is 8.22. The van der Waals surface area contributed by atoms with Crippen LogP contribution in [0, 0.1) is 17.3 Å². The van der Waals surface area contributed by atoms with Crippen LogP contribution in [0.2, 0.25) is 0 Å². The smallest absolute Gasteiger partial charge is 0.0587 e. The van der Waals surface area contributed by atoms with Crippen molar-refractivity contribution in [1.29, 1.82) is 0 Å². The molecule has 3 nitrogen and oxygen atoms in total. The normalized spacial score (nSPS) is 25.3. The Bertz CT molecular complexity index is 263. The number of aliphatic hydroxyl groups is 1. The fourth-order valence-corrected chi connectivity index (χ4v) is 3.72. The number of nitrogens with one attached hydrogen (secondary N) is 1. The van der Waals surface area contributed by atoms with Gasteiger partial charge in [-0.25, -0.2) is 0 Å². The van der Waals surface area contributed by atoms with Crippen molar-refractivity contribution in [3.63, 3.8) is 0 Å². The van der Waals surface area contributed by atoms with E-state index in [1.54, 1.807) is 0 Å². The van der Waals surface area contributed by atoms with Gasteiger partial charge in [0.05, 0.1) is 6.61 Å². The highest BCUT2D eigenvalue weighted by Crippen LogP contribution is 2.40. The number of hydrogen-bond acceptors (Lipinski definition) is 3. The highest BCUT2D eigenvalue weighted by molar-refractivity contribution is 4.85. The summed E-state index contributed by atoms with van der Waals surface area (Å²) in [4.78, 5) is 2.43. The second-order valence-corrected chi connectivity index (χ2v) is 7.75. The van der Waals surface area contributed by atoms with E-state index >= 15 is 0 Å². The summed E-state index contributed by atoms with van der Waals surface area (Å²) in [5, 5.41) is 13.3. The molecule has 1 rings (SSSR count). The van der Waals surface area contributed by atoms with Gasteiger partial charge in [-0.2, -0.15) is 0 Å². The van der Waals surface area contributed by atoms with Crippen LogP contribution >= 0.6 is 0 Å². The van der Waals surface area contributed by atoms with Crippen molar-refractivity contribution in [2.75, 3.05) is 32.8 Å². The van der Waals surface area contributed by atoms with Gasteiger partial charge in [0.25, 0.3) is 0 Å². The molecule has 1 aliphatic carbocycles. The molecule has 0 amide bonds. The van der Waals surface area contributed by atoms with Crippen LogP contribution < -0.4 is 5.32 Å². The van der Waals surface area contributed by atoms with Gasteiger partial charge in [-0.15, -0.1) is 0 Å². The van der Waals surface area contributed by atoms with Gasteiger partial charge in [0.15, 0.2) is 0 Å². The van der Waals surface area contributed by atoms with Crippen molar-refractivity contribution in [3.05, 3.63) is 0 Å². The number of likely N-dealkylation sites (N-methyl/N-ethyl adjacent to an activating group) is 1. The van der Waals surface area contributed by atoms with Crippen LogP contribution in [0.5, 0.6) is 0 Å². The molecule has 126 valence electrons. The molecular weight excluding hydrogens is 260 g/mol. The lowest BCUT2D eigenvalue weighted by atomic mass is 9.68. The first-order valence-corrected chi connectivity index (χ1v) is 8.98. The molecule has 1 fully saturated rings. The molecule has 0 radical (unpaired) electrons.